The van der Waals surface area contributed by atoms with E-state index in [-0.39, 0.29) is 5.41 Å². The van der Waals surface area contributed by atoms with Crippen molar-refractivity contribution in [2.75, 3.05) is 13.2 Å². The Hall–Kier alpha value is 0.760. The van der Waals surface area contributed by atoms with Crippen LogP contribution >= 0.6 is 56.5 Å². The molecule has 0 radical (unpaired) electrons. The molecule has 1 aliphatic rings. The van der Waals surface area contributed by atoms with Crippen molar-refractivity contribution in [1.82, 2.24) is 0 Å². The summed E-state index contributed by atoms with van der Waals surface area (Å²) in [5.74, 6) is 1.96. The van der Waals surface area contributed by atoms with Crippen LogP contribution in [0.3, 0.4) is 0 Å². The van der Waals surface area contributed by atoms with Crippen molar-refractivity contribution in [2.24, 2.45) is 5.41 Å². The Morgan fingerprint density at radius 2 is 1.40 bits per heavy atom. The molecule has 0 fully saturated rings. The van der Waals surface area contributed by atoms with E-state index >= 15 is 0 Å². The zero-order valence-electron chi connectivity index (χ0n) is 12.1. The van der Waals surface area contributed by atoms with Gasteiger partial charge in [0, 0.05) is 5.41 Å². The van der Waals surface area contributed by atoms with E-state index in [1.807, 2.05) is 0 Å². The van der Waals surface area contributed by atoms with E-state index < -0.39 is 0 Å². The summed E-state index contributed by atoms with van der Waals surface area (Å²) in [5.41, 5.74) is 0.203. The molecule has 0 amide bonds. The fraction of sp³-hybridized carbons (Fsp3) is 0.733. The predicted octanol–water partition coefficient (Wildman–Crippen LogP) is 6.10. The second kappa shape index (κ2) is 7.85. The Kier molecular flexibility index (Phi) is 6.72. The summed E-state index contributed by atoms with van der Waals surface area (Å²) in [6.45, 7) is 6.13. The molecule has 2 heterocycles. The highest BCUT2D eigenvalue weighted by Gasteiger charge is 2.36. The molecule has 0 N–H and O–H groups in total. The quantitative estimate of drug-likeness (QED) is 0.423. The van der Waals surface area contributed by atoms with Gasteiger partial charge in [0.2, 0.25) is 0 Å². The molecule has 0 atom stereocenters. The normalized spacial score (nSPS) is 17.0. The Balaban J connectivity index is 2.15. The SMILES string of the molecule is CCCCC1(CCCC)COc2c(I)sc(I)c2OC1. The molecule has 20 heavy (non-hydrogen) atoms. The van der Waals surface area contributed by atoms with Gasteiger partial charge in [0.1, 0.15) is 5.77 Å². The van der Waals surface area contributed by atoms with Gasteiger partial charge in [0.25, 0.3) is 0 Å². The third-order valence-corrected chi connectivity index (χ3v) is 6.94. The molecule has 1 aliphatic heterocycles. The van der Waals surface area contributed by atoms with E-state index in [2.05, 4.69) is 59.0 Å². The minimum Gasteiger partial charge on any atom is -0.487 e. The van der Waals surface area contributed by atoms with Crippen molar-refractivity contribution >= 4 is 56.5 Å². The lowest BCUT2D eigenvalue weighted by Crippen LogP contribution is -2.33. The van der Waals surface area contributed by atoms with Gasteiger partial charge in [-0.15, -0.1) is 11.3 Å². The van der Waals surface area contributed by atoms with Crippen LogP contribution in [0.2, 0.25) is 0 Å². The Morgan fingerprint density at radius 1 is 0.950 bits per heavy atom. The summed E-state index contributed by atoms with van der Waals surface area (Å²) in [7, 11) is 0. The molecule has 2 rings (SSSR count). The third kappa shape index (κ3) is 3.94. The molecule has 0 saturated heterocycles. The predicted molar refractivity (Wildman–Crippen MR) is 102 cm³/mol. The van der Waals surface area contributed by atoms with Crippen molar-refractivity contribution in [3.8, 4) is 11.5 Å². The molecule has 0 aromatic carbocycles. The fourth-order valence-corrected chi connectivity index (χ4v) is 6.64. The third-order valence-electron chi connectivity index (χ3n) is 3.91. The summed E-state index contributed by atoms with van der Waals surface area (Å²) >= 11 is 6.47. The van der Waals surface area contributed by atoms with Gasteiger partial charge in [-0.25, -0.2) is 0 Å². The highest BCUT2D eigenvalue weighted by molar-refractivity contribution is 14.1. The van der Waals surface area contributed by atoms with Gasteiger partial charge in [-0.2, -0.15) is 0 Å². The number of thiophene rings is 1. The molecule has 1 aromatic heterocycles. The molecule has 0 spiro atoms. The van der Waals surface area contributed by atoms with Crippen LogP contribution in [0.15, 0.2) is 0 Å². The highest BCUT2D eigenvalue weighted by Crippen LogP contribution is 2.47. The van der Waals surface area contributed by atoms with Gasteiger partial charge >= 0.3 is 0 Å². The topological polar surface area (TPSA) is 18.5 Å². The van der Waals surface area contributed by atoms with E-state index in [9.17, 15) is 0 Å². The van der Waals surface area contributed by atoms with Crippen molar-refractivity contribution < 1.29 is 9.47 Å². The van der Waals surface area contributed by atoms with E-state index in [1.54, 1.807) is 11.3 Å². The summed E-state index contributed by atoms with van der Waals surface area (Å²) in [4.78, 5) is 0. The van der Waals surface area contributed by atoms with Crippen LogP contribution in [-0.2, 0) is 0 Å². The number of halogens is 2. The van der Waals surface area contributed by atoms with Crippen LogP contribution in [0.5, 0.6) is 11.5 Å². The largest absolute Gasteiger partial charge is 0.487 e. The standard InChI is InChI=1S/C15H22I2O2S/c1-3-5-7-15(8-6-4-2)9-18-11-12(19-10-15)14(17)20-13(11)16/h3-10H2,1-2H3. The smallest absolute Gasteiger partial charge is 0.186 e. The second-order valence-corrected chi connectivity index (χ2v) is 10.2. The summed E-state index contributed by atoms with van der Waals surface area (Å²) in [6.07, 6.45) is 7.43. The molecular weight excluding hydrogens is 498 g/mol. The molecule has 0 aliphatic carbocycles. The Morgan fingerprint density at radius 3 is 1.80 bits per heavy atom. The maximum atomic E-state index is 6.18. The van der Waals surface area contributed by atoms with Crippen LogP contribution in [0.1, 0.15) is 52.4 Å². The van der Waals surface area contributed by atoms with Crippen molar-refractivity contribution in [3.63, 3.8) is 0 Å². The first kappa shape index (κ1) is 17.1. The first-order valence-electron chi connectivity index (χ1n) is 7.35. The minimum atomic E-state index is 0.203. The first-order valence-corrected chi connectivity index (χ1v) is 10.3. The number of hydrogen-bond acceptors (Lipinski definition) is 3. The lowest BCUT2D eigenvalue weighted by molar-refractivity contribution is 0.0790. The van der Waals surface area contributed by atoms with Crippen molar-refractivity contribution in [3.05, 3.63) is 5.77 Å². The molecule has 114 valence electrons. The van der Waals surface area contributed by atoms with Crippen LogP contribution in [-0.4, -0.2) is 13.2 Å². The van der Waals surface area contributed by atoms with E-state index in [0.29, 0.717) is 0 Å². The van der Waals surface area contributed by atoms with Gasteiger partial charge in [-0.3, -0.25) is 0 Å². The molecular formula is C15H22I2O2S. The summed E-state index contributed by atoms with van der Waals surface area (Å²) in [5, 5.41) is 0. The maximum absolute atomic E-state index is 6.18. The van der Waals surface area contributed by atoms with Crippen LogP contribution in [0, 0.1) is 11.2 Å². The van der Waals surface area contributed by atoms with Crippen molar-refractivity contribution in [2.45, 2.75) is 52.4 Å². The van der Waals surface area contributed by atoms with E-state index in [0.717, 1.165) is 24.7 Å². The molecule has 0 saturated carbocycles. The monoisotopic (exact) mass is 520 g/mol. The average Bonchev–Trinajstić information content (AvgIpc) is 2.62. The first-order chi connectivity index (χ1) is 9.62. The van der Waals surface area contributed by atoms with Crippen molar-refractivity contribution in [1.29, 1.82) is 0 Å². The number of unbranched alkanes of at least 4 members (excludes halogenated alkanes) is 2. The van der Waals surface area contributed by atoms with Crippen LogP contribution < -0.4 is 9.47 Å². The molecule has 0 bridgehead atoms. The van der Waals surface area contributed by atoms with E-state index in [1.165, 1.54) is 44.3 Å². The Bertz CT molecular complexity index is 407. The zero-order valence-corrected chi connectivity index (χ0v) is 17.3. The zero-order chi connectivity index (χ0) is 14.6. The highest BCUT2D eigenvalue weighted by atomic mass is 127. The van der Waals surface area contributed by atoms with Gasteiger partial charge in [0.15, 0.2) is 11.5 Å². The lowest BCUT2D eigenvalue weighted by Gasteiger charge is -2.31. The summed E-state index contributed by atoms with van der Waals surface area (Å²) in [6, 6.07) is 0. The van der Waals surface area contributed by atoms with Crippen LogP contribution in [0.4, 0.5) is 0 Å². The number of ether oxygens (including phenoxy) is 2. The maximum Gasteiger partial charge on any atom is 0.186 e. The van der Waals surface area contributed by atoms with Gasteiger partial charge in [-0.05, 0) is 58.0 Å². The van der Waals surface area contributed by atoms with Crippen LogP contribution in [0.25, 0.3) is 0 Å². The molecule has 0 unspecified atom stereocenters. The average molecular weight is 520 g/mol. The van der Waals surface area contributed by atoms with Gasteiger partial charge in [0.05, 0.1) is 13.2 Å². The van der Waals surface area contributed by atoms with Gasteiger partial charge in [-0.1, -0.05) is 39.5 Å². The van der Waals surface area contributed by atoms with Gasteiger partial charge < -0.3 is 9.47 Å². The molecule has 5 heteroatoms. The summed E-state index contributed by atoms with van der Waals surface area (Å²) < 4.78 is 14.8. The fourth-order valence-electron chi connectivity index (χ4n) is 2.60. The molecule has 2 nitrogen and oxygen atoms in total. The number of fused-ring (bicyclic) bond motifs is 1. The molecule has 1 aromatic rings. The lowest BCUT2D eigenvalue weighted by atomic mass is 9.79. The number of hydrogen-bond donors (Lipinski definition) is 0. The van der Waals surface area contributed by atoms with E-state index in [4.69, 9.17) is 9.47 Å². The minimum absolute atomic E-state index is 0.203. The second-order valence-electron chi connectivity index (χ2n) is 5.59. The number of rotatable bonds is 6. The Labute approximate surface area is 153 Å².